The number of hydrogen-bond acceptors (Lipinski definition) is 6. The Bertz CT molecular complexity index is 821. The van der Waals surface area contributed by atoms with Gasteiger partial charge in [-0.15, -0.1) is 0 Å². The molecular formula is C32H66O6Si2. The van der Waals surface area contributed by atoms with Gasteiger partial charge in [0.05, 0.1) is 41.7 Å². The molecule has 0 radical (unpaired) electrons. The third kappa shape index (κ3) is 8.42. The van der Waals surface area contributed by atoms with Crippen molar-refractivity contribution in [2.75, 3.05) is 6.61 Å². The molecule has 0 unspecified atom stereocenters. The van der Waals surface area contributed by atoms with Crippen LogP contribution in [0.25, 0.3) is 0 Å². The summed E-state index contributed by atoms with van der Waals surface area (Å²) in [7, 11) is -3.78. The summed E-state index contributed by atoms with van der Waals surface area (Å²) >= 11 is 0. The molecule has 2 N–H and O–H groups in total. The van der Waals surface area contributed by atoms with Crippen molar-refractivity contribution >= 4 is 16.6 Å². The first-order valence-corrected chi connectivity index (χ1v) is 21.7. The Morgan fingerprint density at radius 3 is 1.93 bits per heavy atom. The first-order valence-electron chi connectivity index (χ1n) is 15.9. The van der Waals surface area contributed by atoms with Gasteiger partial charge in [-0.05, 0) is 89.1 Å². The minimum Gasteiger partial charge on any atom is -0.416 e. The van der Waals surface area contributed by atoms with E-state index >= 15 is 0 Å². The Morgan fingerprint density at radius 1 is 0.850 bits per heavy atom. The van der Waals surface area contributed by atoms with E-state index in [-0.39, 0.29) is 51.4 Å². The maximum atomic E-state index is 11.1. The lowest BCUT2D eigenvalue weighted by molar-refractivity contribution is -0.170. The van der Waals surface area contributed by atoms with Gasteiger partial charge in [-0.2, -0.15) is 0 Å². The highest BCUT2D eigenvalue weighted by Crippen LogP contribution is 2.47. The second-order valence-corrected chi connectivity index (χ2v) is 26.3. The van der Waals surface area contributed by atoms with Crippen LogP contribution in [-0.4, -0.2) is 75.2 Å². The zero-order valence-electron chi connectivity index (χ0n) is 28.8. The van der Waals surface area contributed by atoms with Crippen LogP contribution in [0.15, 0.2) is 0 Å². The van der Waals surface area contributed by atoms with Crippen LogP contribution in [0.2, 0.25) is 36.3 Å². The van der Waals surface area contributed by atoms with E-state index in [1.165, 1.54) is 0 Å². The van der Waals surface area contributed by atoms with Crippen LogP contribution in [0.3, 0.4) is 0 Å². The molecule has 0 bridgehead atoms. The molecule has 2 saturated heterocycles. The molecule has 238 valence electrons. The molecule has 2 aliphatic heterocycles. The summed E-state index contributed by atoms with van der Waals surface area (Å²) in [5.74, 6) is -0.304. The van der Waals surface area contributed by atoms with Crippen molar-refractivity contribution in [2.45, 2.75) is 186 Å². The molecule has 6 nitrogen and oxygen atoms in total. The van der Waals surface area contributed by atoms with Gasteiger partial charge < -0.3 is 28.5 Å². The molecule has 0 spiro atoms. The minimum absolute atomic E-state index is 0.0145. The van der Waals surface area contributed by atoms with Gasteiger partial charge in [0.2, 0.25) is 0 Å². The van der Waals surface area contributed by atoms with Crippen molar-refractivity contribution in [3.8, 4) is 0 Å². The molecule has 2 aliphatic rings. The van der Waals surface area contributed by atoms with Crippen LogP contribution in [0, 0.1) is 11.8 Å². The second-order valence-electron chi connectivity index (χ2n) is 16.8. The number of ether oxygens (including phenoxy) is 2. The SMILES string of the molecule is C[C@H]([C@H](O)[C@H](C)CO[Si](C)(C)C(C)(C)C)[C@@H](O)C[C@@H]1CC[C@@](C)([C@H]2CC[C@@](C)([C@@H](C)O[Si](C)(C)C(C)(C)C)O2)O1. The quantitative estimate of drug-likeness (QED) is 0.223. The average molecular weight is 603 g/mol. The van der Waals surface area contributed by atoms with Crippen LogP contribution in [0.4, 0.5) is 0 Å². The minimum atomic E-state index is -1.90. The summed E-state index contributed by atoms with van der Waals surface area (Å²) in [6.07, 6.45) is 2.98. The van der Waals surface area contributed by atoms with Gasteiger partial charge >= 0.3 is 0 Å². The number of hydrogen-bond donors (Lipinski definition) is 2. The van der Waals surface area contributed by atoms with E-state index in [1.54, 1.807) is 0 Å². The Hall–Kier alpha value is 0.194. The topological polar surface area (TPSA) is 77.4 Å². The van der Waals surface area contributed by atoms with Crippen molar-refractivity contribution in [1.29, 1.82) is 0 Å². The summed E-state index contributed by atoms with van der Waals surface area (Å²) in [6, 6.07) is 0. The molecule has 0 aromatic heterocycles. The second kappa shape index (κ2) is 12.7. The van der Waals surface area contributed by atoms with Gasteiger partial charge in [-0.1, -0.05) is 55.4 Å². The lowest BCUT2D eigenvalue weighted by atomic mass is 9.87. The van der Waals surface area contributed by atoms with E-state index in [2.05, 4.69) is 88.5 Å². The Labute approximate surface area is 249 Å². The van der Waals surface area contributed by atoms with Crippen molar-refractivity contribution in [2.24, 2.45) is 11.8 Å². The van der Waals surface area contributed by atoms with Gasteiger partial charge in [0, 0.05) is 18.4 Å². The summed E-state index contributed by atoms with van der Waals surface area (Å²) in [5, 5.41) is 22.4. The number of aliphatic hydroxyl groups is 2. The summed E-state index contributed by atoms with van der Waals surface area (Å²) in [5.41, 5.74) is -0.698. The number of aliphatic hydroxyl groups excluding tert-OH is 2. The smallest absolute Gasteiger partial charge is 0.192 e. The molecule has 8 heteroatoms. The number of rotatable bonds is 12. The fourth-order valence-electron chi connectivity index (χ4n) is 5.57. The fraction of sp³-hybridized carbons (Fsp3) is 1.00. The molecule has 40 heavy (non-hydrogen) atoms. The van der Waals surface area contributed by atoms with E-state index < -0.39 is 28.8 Å². The lowest BCUT2D eigenvalue weighted by Crippen LogP contribution is -2.51. The van der Waals surface area contributed by atoms with Crippen LogP contribution < -0.4 is 0 Å². The molecule has 2 heterocycles. The Balaban J connectivity index is 1.92. The predicted molar refractivity (Wildman–Crippen MR) is 171 cm³/mol. The monoisotopic (exact) mass is 602 g/mol. The zero-order valence-corrected chi connectivity index (χ0v) is 30.8. The summed E-state index contributed by atoms with van der Waals surface area (Å²) in [6.45, 7) is 33.6. The molecule has 0 aliphatic carbocycles. The third-order valence-corrected chi connectivity index (χ3v) is 20.3. The van der Waals surface area contributed by atoms with Gasteiger partial charge in [0.1, 0.15) is 0 Å². The molecule has 2 fully saturated rings. The largest absolute Gasteiger partial charge is 0.416 e. The van der Waals surface area contributed by atoms with E-state index in [0.29, 0.717) is 13.0 Å². The van der Waals surface area contributed by atoms with Gasteiger partial charge in [-0.3, -0.25) is 0 Å². The third-order valence-electron chi connectivity index (χ3n) is 11.3. The molecular weight excluding hydrogens is 537 g/mol. The van der Waals surface area contributed by atoms with E-state index in [1.807, 2.05) is 13.8 Å². The zero-order chi connectivity index (χ0) is 31.1. The van der Waals surface area contributed by atoms with Crippen LogP contribution in [0.5, 0.6) is 0 Å². The van der Waals surface area contributed by atoms with Crippen LogP contribution >= 0.6 is 0 Å². The fourth-order valence-corrected chi connectivity index (χ4v) is 8.17. The first kappa shape index (κ1) is 36.4. The molecule has 0 aromatic carbocycles. The highest BCUT2D eigenvalue weighted by molar-refractivity contribution is 6.74. The van der Waals surface area contributed by atoms with E-state index in [0.717, 1.165) is 25.7 Å². The van der Waals surface area contributed by atoms with Crippen molar-refractivity contribution in [3.63, 3.8) is 0 Å². The lowest BCUT2D eigenvalue weighted by Gasteiger charge is -2.43. The highest BCUT2D eigenvalue weighted by atomic mass is 28.4. The predicted octanol–water partition coefficient (Wildman–Crippen LogP) is 7.68. The van der Waals surface area contributed by atoms with Crippen LogP contribution in [0.1, 0.15) is 108 Å². The maximum Gasteiger partial charge on any atom is 0.192 e. The van der Waals surface area contributed by atoms with Crippen molar-refractivity contribution in [1.82, 2.24) is 0 Å². The first-order chi connectivity index (χ1) is 17.9. The van der Waals surface area contributed by atoms with Crippen molar-refractivity contribution in [3.05, 3.63) is 0 Å². The normalized spacial score (nSPS) is 32.6. The molecule has 0 saturated carbocycles. The summed E-state index contributed by atoms with van der Waals surface area (Å²) in [4.78, 5) is 0. The van der Waals surface area contributed by atoms with E-state index in [9.17, 15) is 10.2 Å². The molecule has 0 amide bonds. The molecule has 9 atom stereocenters. The van der Waals surface area contributed by atoms with E-state index in [4.69, 9.17) is 18.3 Å². The van der Waals surface area contributed by atoms with Gasteiger partial charge in [-0.25, -0.2) is 0 Å². The van der Waals surface area contributed by atoms with Gasteiger partial charge in [0.25, 0.3) is 0 Å². The average Bonchev–Trinajstić information content (AvgIpc) is 3.39. The summed E-state index contributed by atoms with van der Waals surface area (Å²) < 4.78 is 26.5. The highest BCUT2D eigenvalue weighted by Gasteiger charge is 2.53. The maximum absolute atomic E-state index is 11.1. The van der Waals surface area contributed by atoms with Crippen molar-refractivity contribution < 1.29 is 28.5 Å². The standard InChI is InChI=1S/C32H66O6Si2/c1-22(21-35-39(12,13)29(4,5)6)28(34)23(2)26(33)20-25-16-18-32(11,36-25)27-17-19-31(10,37-27)24(3)38-40(14,15)30(7,8)9/h22-28,33-34H,16-21H2,1-15H3/t22-,23+,24-,25+,26+,27-,28-,31+,32+/m1/s1. The molecule has 2 rings (SSSR count). The Morgan fingerprint density at radius 2 is 1.40 bits per heavy atom. The van der Waals surface area contributed by atoms with Gasteiger partial charge in [0.15, 0.2) is 16.6 Å². The van der Waals surface area contributed by atoms with Crippen LogP contribution in [-0.2, 0) is 18.3 Å². The molecule has 0 aromatic rings. The Kier molecular flexibility index (Phi) is 11.5.